The van der Waals surface area contributed by atoms with E-state index in [1.807, 2.05) is 12.1 Å². The number of hydrogen-bond acceptors (Lipinski definition) is 2. The molecular formula is C18H27FIN3O. The van der Waals surface area contributed by atoms with E-state index in [-0.39, 0.29) is 35.2 Å². The van der Waals surface area contributed by atoms with E-state index in [0.29, 0.717) is 18.1 Å². The van der Waals surface area contributed by atoms with Gasteiger partial charge in [0.15, 0.2) is 5.96 Å². The van der Waals surface area contributed by atoms with Gasteiger partial charge in [0.2, 0.25) is 0 Å². The second-order valence-electron chi connectivity index (χ2n) is 7.06. The fraction of sp³-hybridized carbons (Fsp3) is 0.611. The van der Waals surface area contributed by atoms with Gasteiger partial charge in [0, 0.05) is 37.6 Å². The third-order valence-electron chi connectivity index (χ3n) is 5.24. The zero-order chi connectivity index (χ0) is 16.4. The van der Waals surface area contributed by atoms with Gasteiger partial charge in [-0.15, -0.1) is 24.0 Å². The van der Waals surface area contributed by atoms with Gasteiger partial charge >= 0.3 is 0 Å². The van der Waals surface area contributed by atoms with Crippen LogP contribution in [-0.4, -0.2) is 38.3 Å². The highest BCUT2D eigenvalue weighted by atomic mass is 127. The zero-order valence-corrected chi connectivity index (χ0v) is 16.8. The topological polar surface area (TPSA) is 45.7 Å². The Morgan fingerprint density at radius 1 is 1.33 bits per heavy atom. The van der Waals surface area contributed by atoms with Gasteiger partial charge in [-0.25, -0.2) is 4.39 Å². The van der Waals surface area contributed by atoms with Crippen molar-refractivity contribution in [3.8, 4) is 0 Å². The molecular weight excluding hydrogens is 420 g/mol. The Balaban J connectivity index is 0.00000208. The minimum atomic E-state index is -0.195. The molecule has 0 bridgehead atoms. The summed E-state index contributed by atoms with van der Waals surface area (Å²) in [6.45, 7) is 6.14. The van der Waals surface area contributed by atoms with Gasteiger partial charge < -0.3 is 15.4 Å². The van der Waals surface area contributed by atoms with Crippen LogP contribution < -0.4 is 10.6 Å². The van der Waals surface area contributed by atoms with Crippen molar-refractivity contribution >= 4 is 29.9 Å². The molecule has 0 aromatic heterocycles. The molecule has 1 saturated heterocycles. The van der Waals surface area contributed by atoms with Crippen molar-refractivity contribution in [2.24, 2.45) is 16.3 Å². The van der Waals surface area contributed by atoms with Gasteiger partial charge in [-0.3, -0.25) is 4.99 Å². The molecule has 0 spiro atoms. The molecule has 6 heteroatoms. The highest BCUT2D eigenvalue weighted by molar-refractivity contribution is 14.0. The fourth-order valence-corrected chi connectivity index (χ4v) is 3.94. The first-order chi connectivity index (χ1) is 11.0. The van der Waals surface area contributed by atoms with Crippen molar-refractivity contribution in [3.05, 3.63) is 35.6 Å². The summed E-state index contributed by atoms with van der Waals surface area (Å²) in [6.07, 6.45) is 2.33. The predicted octanol–water partition coefficient (Wildman–Crippen LogP) is 2.96. The monoisotopic (exact) mass is 447 g/mol. The van der Waals surface area contributed by atoms with E-state index in [9.17, 15) is 4.39 Å². The number of guanidine groups is 1. The van der Waals surface area contributed by atoms with Crippen LogP contribution in [0, 0.1) is 17.2 Å². The van der Waals surface area contributed by atoms with Gasteiger partial charge in [0.1, 0.15) is 5.82 Å². The maximum absolute atomic E-state index is 12.9. The Kier molecular flexibility index (Phi) is 6.47. The average Bonchev–Trinajstić information content (AvgIpc) is 2.99. The van der Waals surface area contributed by atoms with Crippen LogP contribution in [0.2, 0.25) is 0 Å². The van der Waals surface area contributed by atoms with Crippen LogP contribution in [0.15, 0.2) is 29.3 Å². The fourth-order valence-electron chi connectivity index (χ4n) is 3.94. The molecule has 1 aliphatic heterocycles. The van der Waals surface area contributed by atoms with Crippen molar-refractivity contribution in [1.82, 2.24) is 10.6 Å². The number of ether oxygens (including phenoxy) is 1. The summed E-state index contributed by atoms with van der Waals surface area (Å²) in [5, 5.41) is 6.91. The molecule has 2 aliphatic rings. The standard InChI is InChI=1S/C18H26FN3O.HI/c1-18(2)15(14-9-11-23-16(14)18)22-17(20-3)21-10-8-12-4-6-13(19)7-5-12;/h4-7,14-16H,8-11H2,1-3H3,(H2,20,21,22);1H. The lowest BCUT2D eigenvalue weighted by atomic mass is 9.57. The van der Waals surface area contributed by atoms with Gasteiger partial charge in [0.05, 0.1) is 6.10 Å². The molecule has 134 valence electrons. The molecule has 4 nitrogen and oxygen atoms in total. The van der Waals surface area contributed by atoms with Crippen LogP contribution in [0.25, 0.3) is 0 Å². The van der Waals surface area contributed by atoms with Crippen LogP contribution >= 0.6 is 24.0 Å². The zero-order valence-electron chi connectivity index (χ0n) is 14.5. The summed E-state index contributed by atoms with van der Waals surface area (Å²) in [4.78, 5) is 4.33. The number of nitrogens with zero attached hydrogens (tertiary/aromatic N) is 1. The number of nitrogens with one attached hydrogen (secondary N) is 2. The molecule has 2 fully saturated rings. The lowest BCUT2D eigenvalue weighted by Gasteiger charge is -2.54. The number of rotatable bonds is 4. The van der Waals surface area contributed by atoms with E-state index in [1.54, 1.807) is 7.05 Å². The minimum Gasteiger partial charge on any atom is -0.377 e. The predicted molar refractivity (Wildman–Crippen MR) is 105 cm³/mol. The van der Waals surface area contributed by atoms with E-state index in [0.717, 1.165) is 37.5 Å². The number of halogens is 2. The van der Waals surface area contributed by atoms with E-state index in [1.165, 1.54) is 12.1 Å². The normalized spacial score (nSPS) is 27.7. The number of hydrogen-bond donors (Lipinski definition) is 2. The molecule has 1 heterocycles. The third-order valence-corrected chi connectivity index (χ3v) is 5.24. The van der Waals surface area contributed by atoms with Crippen LogP contribution in [0.1, 0.15) is 25.8 Å². The Labute approximate surface area is 160 Å². The highest BCUT2D eigenvalue weighted by Crippen LogP contribution is 2.52. The molecule has 0 radical (unpaired) electrons. The Morgan fingerprint density at radius 2 is 2.04 bits per heavy atom. The number of aliphatic imine (C=N–C) groups is 1. The summed E-state index contributed by atoms with van der Waals surface area (Å²) in [5.74, 6) is 1.22. The SMILES string of the molecule is CN=C(NCCc1ccc(F)cc1)NC1C2CCOC2C1(C)C.I. The second-order valence-corrected chi connectivity index (χ2v) is 7.06. The van der Waals surface area contributed by atoms with Crippen LogP contribution in [0.5, 0.6) is 0 Å². The van der Waals surface area contributed by atoms with Crippen molar-refractivity contribution in [1.29, 1.82) is 0 Å². The summed E-state index contributed by atoms with van der Waals surface area (Å²) < 4.78 is 18.7. The largest absolute Gasteiger partial charge is 0.377 e. The van der Waals surface area contributed by atoms with E-state index in [2.05, 4.69) is 29.5 Å². The lowest BCUT2D eigenvalue weighted by Crippen LogP contribution is -2.68. The molecule has 3 atom stereocenters. The van der Waals surface area contributed by atoms with Gasteiger partial charge in [-0.2, -0.15) is 0 Å². The van der Waals surface area contributed by atoms with E-state index < -0.39 is 0 Å². The van der Waals surface area contributed by atoms with Crippen LogP contribution in [-0.2, 0) is 11.2 Å². The first kappa shape index (κ1) is 19.4. The maximum Gasteiger partial charge on any atom is 0.191 e. The van der Waals surface area contributed by atoms with Gasteiger partial charge in [0.25, 0.3) is 0 Å². The second kappa shape index (κ2) is 7.99. The number of fused-ring (bicyclic) bond motifs is 1. The third kappa shape index (κ3) is 3.85. The van der Waals surface area contributed by atoms with Crippen molar-refractivity contribution in [2.75, 3.05) is 20.2 Å². The quantitative estimate of drug-likeness (QED) is 0.424. The molecule has 3 rings (SSSR count). The molecule has 24 heavy (non-hydrogen) atoms. The van der Waals surface area contributed by atoms with Crippen LogP contribution in [0.3, 0.4) is 0 Å². The molecule has 3 unspecified atom stereocenters. The lowest BCUT2D eigenvalue weighted by molar-refractivity contribution is -0.106. The van der Waals surface area contributed by atoms with Crippen molar-refractivity contribution in [2.45, 2.75) is 38.8 Å². The van der Waals surface area contributed by atoms with Crippen molar-refractivity contribution in [3.63, 3.8) is 0 Å². The molecule has 1 aromatic carbocycles. The maximum atomic E-state index is 12.9. The van der Waals surface area contributed by atoms with E-state index >= 15 is 0 Å². The van der Waals surface area contributed by atoms with Gasteiger partial charge in [-0.1, -0.05) is 26.0 Å². The molecule has 1 aromatic rings. The van der Waals surface area contributed by atoms with Gasteiger partial charge in [-0.05, 0) is 30.5 Å². The molecule has 1 saturated carbocycles. The Hall–Kier alpha value is -0.890. The first-order valence-electron chi connectivity index (χ1n) is 8.35. The summed E-state index contributed by atoms with van der Waals surface area (Å²) in [6, 6.07) is 7.04. The highest BCUT2D eigenvalue weighted by Gasteiger charge is 2.59. The molecule has 0 amide bonds. The first-order valence-corrected chi connectivity index (χ1v) is 8.35. The Bertz CT molecular complexity index is 576. The smallest absolute Gasteiger partial charge is 0.191 e. The number of benzene rings is 1. The summed E-state index contributed by atoms with van der Waals surface area (Å²) in [5.41, 5.74) is 1.25. The Morgan fingerprint density at radius 3 is 2.71 bits per heavy atom. The van der Waals surface area contributed by atoms with Crippen molar-refractivity contribution < 1.29 is 9.13 Å². The summed E-state index contributed by atoms with van der Waals surface area (Å²) >= 11 is 0. The average molecular weight is 447 g/mol. The van der Waals surface area contributed by atoms with Crippen LogP contribution in [0.4, 0.5) is 4.39 Å². The minimum absolute atomic E-state index is 0. The van der Waals surface area contributed by atoms with E-state index in [4.69, 9.17) is 4.74 Å². The summed E-state index contributed by atoms with van der Waals surface area (Å²) in [7, 11) is 1.79. The molecule has 1 aliphatic carbocycles. The molecule has 2 N–H and O–H groups in total.